The van der Waals surface area contributed by atoms with Crippen molar-refractivity contribution in [3.8, 4) is 11.8 Å². The summed E-state index contributed by atoms with van der Waals surface area (Å²) in [6.45, 7) is 5.49. The smallest absolute Gasteiger partial charge is 0.227 e. The molecule has 1 amide bonds. The third kappa shape index (κ3) is 4.18. The molecule has 1 fully saturated rings. The minimum absolute atomic E-state index is 0.0314. The number of rotatable bonds is 4. The molecule has 152 valence electrons. The number of hydrogen-bond acceptors (Lipinski definition) is 5. The van der Waals surface area contributed by atoms with Gasteiger partial charge in [0.05, 0.1) is 11.4 Å². The average molecular weight is 400 g/mol. The van der Waals surface area contributed by atoms with Crippen molar-refractivity contribution in [2.75, 3.05) is 23.3 Å². The largest absolute Gasteiger partial charge is 0.357 e. The second-order valence-electron chi connectivity index (χ2n) is 7.63. The van der Waals surface area contributed by atoms with Crippen LogP contribution >= 0.6 is 0 Å². The van der Waals surface area contributed by atoms with E-state index in [1.54, 1.807) is 6.07 Å². The van der Waals surface area contributed by atoms with Crippen molar-refractivity contribution in [3.63, 3.8) is 0 Å². The molecule has 7 heteroatoms. The van der Waals surface area contributed by atoms with Gasteiger partial charge in [-0.1, -0.05) is 6.07 Å². The highest BCUT2D eigenvalue weighted by Crippen LogP contribution is 2.24. The Labute approximate surface area is 176 Å². The van der Waals surface area contributed by atoms with Crippen molar-refractivity contribution in [2.24, 2.45) is 5.92 Å². The number of benzene rings is 1. The number of nitrogens with one attached hydrogen (secondary N) is 1. The average Bonchev–Trinajstić information content (AvgIpc) is 3.12. The van der Waals surface area contributed by atoms with E-state index in [2.05, 4.69) is 26.4 Å². The van der Waals surface area contributed by atoms with Crippen LogP contribution in [0.2, 0.25) is 0 Å². The van der Waals surface area contributed by atoms with Gasteiger partial charge in [0.25, 0.3) is 0 Å². The van der Waals surface area contributed by atoms with Crippen molar-refractivity contribution in [1.29, 1.82) is 5.26 Å². The molecule has 0 aliphatic carbocycles. The van der Waals surface area contributed by atoms with Gasteiger partial charge >= 0.3 is 0 Å². The van der Waals surface area contributed by atoms with E-state index < -0.39 is 0 Å². The second kappa shape index (κ2) is 8.37. The molecule has 1 saturated heterocycles. The van der Waals surface area contributed by atoms with Crippen LogP contribution in [0, 0.1) is 31.1 Å². The fraction of sp³-hybridized carbons (Fsp3) is 0.304. The highest BCUT2D eigenvalue weighted by Gasteiger charge is 2.25. The van der Waals surface area contributed by atoms with Crippen LogP contribution in [0.4, 0.5) is 11.5 Å². The second-order valence-corrected chi connectivity index (χ2v) is 7.63. The maximum Gasteiger partial charge on any atom is 0.227 e. The SMILES string of the molecule is Cc1cc(C)n(-c2ccc(NC(=O)C3CCN(c4cccc(C#N)n4)CC3)cc2)n1. The Morgan fingerprint density at radius 1 is 1.13 bits per heavy atom. The van der Waals surface area contributed by atoms with E-state index in [9.17, 15) is 4.79 Å². The molecule has 1 aliphatic rings. The third-order valence-electron chi connectivity index (χ3n) is 5.43. The van der Waals surface area contributed by atoms with Gasteiger partial charge in [0, 0.05) is 30.4 Å². The fourth-order valence-corrected chi connectivity index (χ4v) is 3.85. The zero-order chi connectivity index (χ0) is 21.1. The van der Waals surface area contributed by atoms with Gasteiger partial charge in [0.15, 0.2) is 0 Å². The number of piperidine rings is 1. The number of carbonyl (C=O) groups excluding carboxylic acids is 1. The van der Waals surface area contributed by atoms with E-state index in [0.29, 0.717) is 5.69 Å². The van der Waals surface area contributed by atoms with Crippen molar-refractivity contribution in [1.82, 2.24) is 14.8 Å². The van der Waals surface area contributed by atoms with Crippen LogP contribution in [0.1, 0.15) is 29.9 Å². The number of amides is 1. The fourth-order valence-electron chi connectivity index (χ4n) is 3.85. The quantitative estimate of drug-likeness (QED) is 0.723. The van der Waals surface area contributed by atoms with E-state index in [-0.39, 0.29) is 11.8 Å². The number of nitrogens with zero attached hydrogens (tertiary/aromatic N) is 5. The van der Waals surface area contributed by atoms with Gasteiger partial charge in [0.2, 0.25) is 5.91 Å². The molecule has 1 aliphatic heterocycles. The van der Waals surface area contributed by atoms with E-state index in [4.69, 9.17) is 5.26 Å². The van der Waals surface area contributed by atoms with Crippen LogP contribution in [0.15, 0.2) is 48.5 Å². The first kappa shape index (κ1) is 19.6. The standard InChI is InChI=1S/C23H24N6O/c1-16-14-17(2)29(27-16)21-8-6-19(7-9-21)26-23(30)18-10-12-28(13-11-18)22-5-3-4-20(15-24)25-22/h3-9,14,18H,10-13H2,1-2H3,(H,26,30). The lowest BCUT2D eigenvalue weighted by atomic mass is 9.95. The first-order valence-corrected chi connectivity index (χ1v) is 10.1. The van der Waals surface area contributed by atoms with E-state index in [0.717, 1.165) is 54.5 Å². The monoisotopic (exact) mass is 400 g/mol. The Balaban J connectivity index is 1.35. The molecule has 0 radical (unpaired) electrons. The number of anilines is 2. The number of nitriles is 1. The van der Waals surface area contributed by atoms with Crippen LogP contribution in [0.3, 0.4) is 0 Å². The highest BCUT2D eigenvalue weighted by molar-refractivity contribution is 5.92. The summed E-state index contributed by atoms with van der Waals surface area (Å²) in [5, 5.41) is 16.5. The van der Waals surface area contributed by atoms with Crippen molar-refractivity contribution >= 4 is 17.4 Å². The molecule has 4 rings (SSSR count). The summed E-state index contributed by atoms with van der Waals surface area (Å²) in [5.41, 5.74) is 4.22. The van der Waals surface area contributed by atoms with E-state index >= 15 is 0 Å². The summed E-state index contributed by atoms with van der Waals surface area (Å²) < 4.78 is 1.89. The summed E-state index contributed by atoms with van der Waals surface area (Å²) >= 11 is 0. The first-order chi connectivity index (χ1) is 14.5. The number of pyridine rings is 1. The van der Waals surface area contributed by atoms with Gasteiger partial charge in [-0.15, -0.1) is 0 Å². The van der Waals surface area contributed by atoms with Crippen molar-refractivity contribution < 1.29 is 4.79 Å². The normalized spacial score (nSPS) is 14.4. The topological polar surface area (TPSA) is 86.8 Å². The summed E-state index contributed by atoms with van der Waals surface area (Å²) in [5.74, 6) is 0.816. The van der Waals surface area contributed by atoms with Gasteiger partial charge in [-0.3, -0.25) is 4.79 Å². The molecule has 0 bridgehead atoms. The van der Waals surface area contributed by atoms with Crippen LogP contribution < -0.4 is 10.2 Å². The molecule has 1 aromatic carbocycles. The number of aryl methyl sites for hydroxylation is 2. The highest BCUT2D eigenvalue weighted by atomic mass is 16.1. The lowest BCUT2D eigenvalue weighted by Gasteiger charge is -2.32. The van der Waals surface area contributed by atoms with Gasteiger partial charge < -0.3 is 10.2 Å². The maximum absolute atomic E-state index is 12.7. The Morgan fingerprint density at radius 2 is 1.87 bits per heavy atom. The third-order valence-corrected chi connectivity index (χ3v) is 5.43. The van der Waals surface area contributed by atoms with Gasteiger partial charge in [-0.25, -0.2) is 9.67 Å². The van der Waals surface area contributed by atoms with Gasteiger partial charge in [-0.2, -0.15) is 10.4 Å². The molecule has 1 N–H and O–H groups in total. The zero-order valence-electron chi connectivity index (χ0n) is 17.2. The predicted molar refractivity (Wildman–Crippen MR) is 116 cm³/mol. The van der Waals surface area contributed by atoms with Crippen molar-refractivity contribution in [3.05, 3.63) is 65.6 Å². The zero-order valence-corrected chi connectivity index (χ0v) is 17.2. The molecule has 0 saturated carbocycles. The number of carbonyl (C=O) groups is 1. The molecule has 0 unspecified atom stereocenters. The van der Waals surface area contributed by atoms with Crippen molar-refractivity contribution in [2.45, 2.75) is 26.7 Å². The Hall–Kier alpha value is -3.66. The summed E-state index contributed by atoms with van der Waals surface area (Å²) in [6, 6.07) is 17.3. The van der Waals surface area contributed by atoms with E-state index in [1.165, 1.54) is 0 Å². The Bertz CT molecular complexity index is 1090. The van der Waals surface area contributed by atoms with Crippen LogP contribution in [-0.2, 0) is 4.79 Å². The van der Waals surface area contributed by atoms with E-state index in [1.807, 2.05) is 61.0 Å². The Kier molecular flexibility index (Phi) is 5.48. The molecule has 30 heavy (non-hydrogen) atoms. The molecule has 2 aromatic heterocycles. The predicted octanol–water partition coefficient (Wildman–Crippen LogP) is 3.61. The Morgan fingerprint density at radius 3 is 2.50 bits per heavy atom. The van der Waals surface area contributed by atoms with Crippen LogP contribution in [-0.4, -0.2) is 33.8 Å². The number of aromatic nitrogens is 3. The molecule has 7 nitrogen and oxygen atoms in total. The molecule has 3 aromatic rings. The molecule has 0 atom stereocenters. The molecular formula is C23H24N6O. The number of hydrogen-bond donors (Lipinski definition) is 1. The summed E-state index contributed by atoms with van der Waals surface area (Å²) in [6.07, 6.45) is 1.52. The summed E-state index contributed by atoms with van der Waals surface area (Å²) in [7, 11) is 0. The maximum atomic E-state index is 12.7. The minimum atomic E-state index is -0.0314. The summed E-state index contributed by atoms with van der Waals surface area (Å²) in [4.78, 5) is 19.2. The lowest BCUT2D eigenvalue weighted by molar-refractivity contribution is -0.120. The van der Waals surface area contributed by atoms with Gasteiger partial charge in [0.1, 0.15) is 17.6 Å². The van der Waals surface area contributed by atoms with Crippen LogP contribution in [0.25, 0.3) is 5.69 Å². The van der Waals surface area contributed by atoms with Crippen LogP contribution in [0.5, 0.6) is 0 Å². The molecule has 0 spiro atoms. The molecular weight excluding hydrogens is 376 g/mol. The van der Waals surface area contributed by atoms with Gasteiger partial charge in [-0.05, 0) is 69.2 Å². The molecule has 3 heterocycles. The lowest BCUT2D eigenvalue weighted by Crippen LogP contribution is -2.38. The minimum Gasteiger partial charge on any atom is -0.357 e. The first-order valence-electron chi connectivity index (χ1n) is 10.1.